The van der Waals surface area contributed by atoms with Crippen LogP contribution in [0.4, 0.5) is 0 Å². The summed E-state index contributed by atoms with van der Waals surface area (Å²) < 4.78 is 11.8. The summed E-state index contributed by atoms with van der Waals surface area (Å²) >= 11 is 0. The SMILES string of the molecule is CNC(=O)/C=C(\C)c1ccc(OCc2cccc(-c3c(C)cc(OCCC(C)(C)O)nc3C)c2)cc1. The molecule has 1 amide bonds. The van der Waals surface area contributed by atoms with Gasteiger partial charge >= 0.3 is 0 Å². The number of hydrogen-bond donors (Lipinski definition) is 2. The number of amides is 1. The van der Waals surface area contributed by atoms with Crippen molar-refractivity contribution in [3.8, 4) is 22.8 Å². The van der Waals surface area contributed by atoms with Crippen LogP contribution in [0, 0.1) is 13.8 Å². The third kappa shape index (κ3) is 7.68. The maximum Gasteiger partial charge on any atom is 0.244 e. The minimum Gasteiger partial charge on any atom is -0.489 e. The zero-order chi connectivity index (χ0) is 26.3. The first-order valence-corrected chi connectivity index (χ1v) is 12.1. The van der Waals surface area contributed by atoms with E-state index < -0.39 is 5.60 Å². The number of benzene rings is 2. The molecule has 1 aromatic heterocycles. The van der Waals surface area contributed by atoms with Crippen molar-refractivity contribution in [1.82, 2.24) is 10.3 Å². The van der Waals surface area contributed by atoms with Gasteiger partial charge in [-0.25, -0.2) is 4.98 Å². The van der Waals surface area contributed by atoms with E-state index >= 15 is 0 Å². The number of aliphatic hydroxyl groups is 1. The number of hydrogen-bond acceptors (Lipinski definition) is 5. The zero-order valence-corrected chi connectivity index (χ0v) is 22.0. The number of aromatic nitrogens is 1. The molecule has 0 spiro atoms. The minimum atomic E-state index is -0.767. The van der Waals surface area contributed by atoms with Crippen LogP contribution in [-0.2, 0) is 11.4 Å². The summed E-state index contributed by atoms with van der Waals surface area (Å²) in [6.45, 7) is 10.3. The third-order valence-electron chi connectivity index (χ3n) is 5.86. The van der Waals surface area contributed by atoms with Crippen LogP contribution in [0.25, 0.3) is 16.7 Å². The van der Waals surface area contributed by atoms with Crippen LogP contribution in [0.1, 0.15) is 49.6 Å². The fourth-order valence-electron chi connectivity index (χ4n) is 3.86. The van der Waals surface area contributed by atoms with Crippen molar-refractivity contribution in [2.45, 2.75) is 53.2 Å². The molecule has 0 saturated heterocycles. The average molecular weight is 489 g/mol. The van der Waals surface area contributed by atoms with Gasteiger partial charge in [-0.3, -0.25) is 4.79 Å². The van der Waals surface area contributed by atoms with Crippen LogP contribution in [0.15, 0.2) is 60.7 Å². The Kier molecular flexibility index (Phi) is 8.88. The molecular weight excluding hydrogens is 452 g/mol. The maximum absolute atomic E-state index is 11.6. The highest BCUT2D eigenvalue weighted by molar-refractivity contribution is 5.94. The standard InChI is InChI=1S/C30H36N2O4/c1-20(16-27(33)31-6)24-10-12-26(13-11-24)36-19-23-8-7-9-25(18-23)29-21(2)17-28(32-22(29)3)35-15-14-30(4,5)34/h7-13,16-18,34H,14-15,19H2,1-6H3,(H,31,33)/b20-16+. The van der Waals surface area contributed by atoms with Crippen LogP contribution in [0.3, 0.4) is 0 Å². The monoisotopic (exact) mass is 488 g/mol. The highest BCUT2D eigenvalue weighted by Crippen LogP contribution is 2.30. The second-order valence-electron chi connectivity index (χ2n) is 9.60. The van der Waals surface area contributed by atoms with Gasteiger partial charge in [0.1, 0.15) is 12.4 Å². The molecule has 0 unspecified atom stereocenters. The van der Waals surface area contributed by atoms with Gasteiger partial charge < -0.3 is 19.9 Å². The molecule has 0 aliphatic rings. The number of ether oxygens (including phenoxy) is 2. The normalized spacial score (nSPS) is 11.8. The molecule has 6 heteroatoms. The summed E-state index contributed by atoms with van der Waals surface area (Å²) in [5.41, 5.74) is 6.27. The summed E-state index contributed by atoms with van der Waals surface area (Å²) in [5, 5.41) is 12.5. The van der Waals surface area contributed by atoms with Crippen LogP contribution >= 0.6 is 0 Å². The molecule has 190 valence electrons. The quantitative estimate of drug-likeness (QED) is 0.361. The van der Waals surface area contributed by atoms with E-state index in [1.165, 1.54) is 0 Å². The molecule has 0 radical (unpaired) electrons. The van der Waals surface area contributed by atoms with E-state index in [1.807, 2.05) is 56.3 Å². The van der Waals surface area contributed by atoms with Gasteiger partial charge in [0.15, 0.2) is 0 Å². The van der Waals surface area contributed by atoms with Crippen molar-refractivity contribution in [3.05, 3.63) is 83.1 Å². The topological polar surface area (TPSA) is 80.7 Å². The Morgan fingerprint density at radius 2 is 1.81 bits per heavy atom. The molecule has 2 N–H and O–H groups in total. The van der Waals surface area contributed by atoms with Crippen molar-refractivity contribution in [2.75, 3.05) is 13.7 Å². The number of carbonyl (C=O) groups excluding carboxylic acids is 1. The second-order valence-corrected chi connectivity index (χ2v) is 9.60. The van der Waals surface area contributed by atoms with Gasteiger partial charge in [-0.15, -0.1) is 0 Å². The van der Waals surface area contributed by atoms with E-state index in [9.17, 15) is 9.90 Å². The molecule has 0 fully saturated rings. The van der Waals surface area contributed by atoms with Crippen LogP contribution in [-0.4, -0.2) is 35.3 Å². The molecule has 6 nitrogen and oxygen atoms in total. The lowest BCUT2D eigenvalue weighted by Gasteiger charge is -2.18. The first-order valence-electron chi connectivity index (χ1n) is 12.1. The first kappa shape index (κ1) is 27.0. The van der Waals surface area contributed by atoms with Crippen molar-refractivity contribution in [1.29, 1.82) is 0 Å². The van der Waals surface area contributed by atoms with Crippen molar-refractivity contribution < 1.29 is 19.4 Å². The van der Waals surface area contributed by atoms with E-state index in [2.05, 4.69) is 29.4 Å². The fourth-order valence-corrected chi connectivity index (χ4v) is 3.86. The summed E-state index contributed by atoms with van der Waals surface area (Å²) in [6.07, 6.45) is 2.11. The van der Waals surface area contributed by atoms with Gasteiger partial charge in [-0.05, 0) is 80.6 Å². The number of rotatable bonds is 10. The molecule has 0 bridgehead atoms. The smallest absolute Gasteiger partial charge is 0.244 e. The highest BCUT2D eigenvalue weighted by atomic mass is 16.5. The van der Waals surface area contributed by atoms with Gasteiger partial charge in [0.2, 0.25) is 11.8 Å². The van der Waals surface area contributed by atoms with Crippen LogP contribution in [0.2, 0.25) is 0 Å². The van der Waals surface area contributed by atoms with E-state index in [-0.39, 0.29) is 5.91 Å². The molecule has 36 heavy (non-hydrogen) atoms. The second kappa shape index (κ2) is 11.9. The summed E-state index contributed by atoms with van der Waals surface area (Å²) in [4.78, 5) is 16.2. The lowest BCUT2D eigenvalue weighted by Crippen LogP contribution is -2.22. The Labute approximate surface area is 214 Å². The largest absolute Gasteiger partial charge is 0.489 e. The van der Waals surface area contributed by atoms with Gasteiger partial charge in [0, 0.05) is 36.9 Å². The van der Waals surface area contributed by atoms with Gasteiger partial charge in [-0.2, -0.15) is 0 Å². The Morgan fingerprint density at radius 3 is 2.44 bits per heavy atom. The molecule has 2 aromatic carbocycles. The number of nitrogens with one attached hydrogen (secondary N) is 1. The number of pyridine rings is 1. The Morgan fingerprint density at radius 1 is 1.08 bits per heavy atom. The number of aryl methyl sites for hydroxylation is 2. The Bertz CT molecular complexity index is 1200. The van der Waals surface area contributed by atoms with E-state index in [1.54, 1.807) is 27.0 Å². The average Bonchev–Trinajstić information content (AvgIpc) is 2.82. The molecule has 0 saturated carbocycles. The zero-order valence-electron chi connectivity index (χ0n) is 22.0. The lowest BCUT2D eigenvalue weighted by atomic mass is 9.98. The van der Waals surface area contributed by atoms with Crippen LogP contribution < -0.4 is 14.8 Å². The number of likely N-dealkylation sites (N-methyl/N-ethyl adjacent to an activating group) is 1. The molecule has 1 heterocycles. The van der Waals surface area contributed by atoms with Crippen LogP contribution in [0.5, 0.6) is 11.6 Å². The van der Waals surface area contributed by atoms with Gasteiger partial charge in [0.05, 0.1) is 12.2 Å². The summed E-state index contributed by atoms with van der Waals surface area (Å²) in [7, 11) is 1.61. The van der Waals surface area contributed by atoms with Gasteiger partial charge in [0.25, 0.3) is 0 Å². The number of nitrogens with zero attached hydrogens (tertiary/aromatic N) is 1. The number of allylic oxidation sites excluding steroid dienone is 1. The first-order chi connectivity index (χ1) is 17.1. The van der Waals surface area contributed by atoms with Crippen molar-refractivity contribution in [2.24, 2.45) is 0 Å². The predicted molar refractivity (Wildman–Crippen MR) is 144 cm³/mol. The molecule has 0 aliphatic heterocycles. The summed E-state index contributed by atoms with van der Waals surface area (Å²) in [5.74, 6) is 1.21. The van der Waals surface area contributed by atoms with Crippen molar-refractivity contribution >= 4 is 11.5 Å². The molecule has 0 aliphatic carbocycles. The molecule has 3 aromatic rings. The van der Waals surface area contributed by atoms with Gasteiger partial charge in [-0.1, -0.05) is 30.3 Å². The fraction of sp³-hybridized carbons (Fsp3) is 0.333. The summed E-state index contributed by atoms with van der Waals surface area (Å²) in [6, 6.07) is 17.9. The van der Waals surface area contributed by atoms with E-state index in [4.69, 9.17) is 9.47 Å². The predicted octanol–water partition coefficient (Wildman–Crippen LogP) is 5.63. The highest BCUT2D eigenvalue weighted by Gasteiger charge is 2.14. The number of carbonyl (C=O) groups is 1. The van der Waals surface area contributed by atoms with E-state index in [0.717, 1.165) is 44.8 Å². The minimum absolute atomic E-state index is 0.124. The Balaban J connectivity index is 1.68. The molecule has 3 rings (SSSR count). The molecular formula is C30H36N2O4. The third-order valence-corrected chi connectivity index (χ3v) is 5.86. The maximum atomic E-state index is 11.6. The van der Waals surface area contributed by atoms with E-state index in [0.29, 0.717) is 25.5 Å². The Hall–Kier alpha value is -3.64. The molecule has 0 atom stereocenters. The lowest BCUT2D eigenvalue weighted by molar-refractivity contribution is -0.116. The van der Waals surface area contributed by atoms with Crippen molar-refractivity contribution in [3.63, 3.8) is 0 Å².